The van der Waals surface area contributed by atoms with Gasteiger partial charge < -0.3 is 5.73 Å². The van der Waals surface area contributed by atoms with Crippen molar-refractivity contribution in [1.29, 1.82) is 0 Å². The molecule has 2 atom stereocenters. The maximum atomic E-state index is 6.37. The van der Waals surface area contributed by atoms with E-state index in [1.165, 1.54) is 28.8 Å². The summed E-state index contributed by atoms with van der Waals surface area (Å²) >= 11 is 1.77. The standard InChI is InChI=1S/C14H15NS/c15-14(13-6-3-9-16-13)12-8-7-10-4-1-2-5-11(10)12/h1-6,9,12,14H,7-8,15H2. The van der Waals surface area contributed by atoms with Gasteiger partial charge in [0.25, 0.3) is 0 Å². The van der Waals surface area contributed by atoms with E-state index in [4.69, 9.17) is 5.73 Å². The van der Waals surface area contributed by atoms with E-state index in [2.05, 4.69) is 41.8 Å². The summed E-state index contributed by atoms with van der Waals surface area (Å²) in [6, 6.07) is 13.1. The molecule has 16 heavy (non-hydrogen) atoms. The van der Waals surface area contributed by atoms with Gasteiger partial charge in [-0.25, -0.2) is 0 Å². The molecule has 1 aromatic heterocycles. The predicted octanol–water partition coefficient (Wildman–Crippen LogP) is 3.48. The highest BCUT2D eigenvalue weighted by Gasteiger charge is 2.28. The molecule has 2 heteroatoms. The van der Waals surface area contributed by atoms with Crippen molar-refractivity contribution in [2.24, 2.45) is 5.73 Å². The number of hydrogen-bond acceptors (Lipinski definition) is 2. The van der Waals surface area contributed by atoms with Crippen LogP contribution in [-0.2, 0) is 6.42 Å². The van der Waals surface area contributed by atoms with Crippen LogP contribution in [-0.4, -0.2) is 0 Å². The van der Waals surface area contributed by atoms with Crippen molar-refractivity contribution in [3.63, 3.8) is 0 Å². The zero-order valence-electron chi connectivity index (χ0n) is 9.10. The van der Waals surface area contributed by atoms with E-state index in [9.17, 15) is 0 Å². The van der Waals surface area contributed by atoms with Gasteiger partial charge in [0.2, 0.25) is 0 Å². The van der Waals surface area contributed by atoms with Gasteiger partial charge >= 0.3 is 0 Å². The largest absolute Gasteiger partial charge is 0.323 e. The third-order valence-electron chi connectivity index (χ3n) is 3.48. The lowest BCUT2D eigenvalue weighted by molar-refractivity contribution is 0.558. The fourth-order valence-electron chi connectivity index (χ4n) is 2.64. The first-order valence-electron chi connectivity index (χ1n) is 5.73. The van der Waals surface area contributed by atoms with Crippen LogP contribution in [0.2, 0.25) is 0 Å². The summed E-state index contributed by atoms with van der Waals surface area (Å²) in [5.74, 6) is 0.509. The maximum Gasteiger partial charge on any atom is 0.0459 e. The molecule has 3 rings (SSSR count). The van der Waals surface area contributed by atoms with Crippen LogP contribution >= 0.6 is 11.3 Å². The lowest BCUT2D eigenvalue weighted by Gasteiger charge is -2.18. The Morgan fingerprint density at radius 3 is 2.88 bits per heavy atom. The molecule has 1 aromatic carbocycles. The van der Waals surface area contributed by atoms with Gasteiger partial charge in [-0.2, -0.15) is 0 Å². The van der Waals surface area contributed by atoms with Gasteiger partial charge in [0.15, 0.2) is 0 Å². The van der Waals surface area contributed by atoms with Crippen LogP contribution in [0.3, 0.4) is 0 Å². The van der Waals surface area contributed by atoms with Gasteiger partial charge in [-0.05, 0) is 35.4 Å². The summed E-state index contributed by atoms with van der Waals surface area (Å²) in [5.41, 5.74) is 9.32. The average molecular weight is 229 g/mol. The number of thiophene rings is 1. The molecule has 0 saturated carbocycles. The van der Waals surface area contributed by atoms with Crippen LogP contribution in [0.1, 0.15) is 34.4 Å². The SMILES string of the molecule is NC(c1cccs1)C1CCc2ccccc21. The first-order chi connectivity index (χ1) is 7.86. The van der Waals surface area contributed by atoms with E-state index in [1.54, 1.807) is 11.3 Å². The van der Waals surface area contributed by atoms with Crippen molar-refractivity contribution < 1.29 is 0 Å². The zero-order chi connectivity index (χ0) is 11.0. The number of fused-ring (bicyclic) bond motifs is 1. The molecule has 82 valence electrons. The normalized spacial score (nSPS) is 20.7. The molecular formula is C14H15NS. The minimum atomic E-state index is 0.170. The van der Waals surface area contributed by atoms with Crippen molar-refractivity contribution in [2.75, 3.05) is 0 Å². The number of aryl methyl sites for hydroxylation is 1. The quantitative estimate of drug-likeness (QED) is 0.838. The molecule has 1 aliphatic rings. The Balaban J connectivity index is 1.93. The van der Waals surface area contributed by atoms with Gasteiger partial charge in [-0.3, -0.25) is 0 Å². The summed E-state index contributed by atoms with van der Waals surface area (Å²) in [5, 5.41) is 2.11. The molecule has 0 spiro atoms. The van der Waals surface area contributed by atoms with Gasteiger partial charge in [-0.15, -0.1) is 11.3 Å². The zero-order valence-corrected chi connectivity index (χ0v) is 9.91. The monoisotopic (exact) mass is 229 g/mol. The van der Waals surface area contributed by atoms with Crippen LogP contribution in [0.15, 0.2) is 41.8 Å². The van der Waals surface area contributed by atoms with Gasteiger partial charge in [0, 0.05) is 16.8 Å². The molecule has 0 fully saturated rings. The molecule has 1 heterocycles. The van der Waals surface area contributed by atoms with E-state index in [0.717, 1.165) is 0 Å². The topological polar surface area (TPSA) is 26.0 Å². The highest BCUT2D eigenvalue weighted by molar-refractivity contribution is 7.10. The Morgan fingerprint density at radius 2 is 2.06 bits per heavy atom. The molecule has 0 saturated heterocycles. The second kappa shape index (κ2) is 4.04. The Bertz CT molecular complexity index is 475. The summed E-state index contributed by atoms with van der Waals surface area (Å²) in [7, 11) is 0. The van der Waals surface area contributed by atoms with Crippen molar-refractivity contribution in [3.05, 3.63) is 57.8 Å². The van der Waals surface area contributed by atoms with Crippen molar-refractivity contribution in [2.45, 2.75) is 24.8 Å². The third-order valence-corrected chi connectivity index (χ3v) is 4.46. The molecule has 0 bridgehead atoms. The molecule has 0 aliphatic heterocycles. The fraction of sp³-hybridized carbons (Fsp3) is 0.286. The van der Waals surface area contributed by atoms with E-state index in [1.807, 2.05) is 0 Å². The molecular weight excluding hydrogens is 214 g/mol. The Hall–Kier alpha value is -1.12. The summed E-state index contributed by atoms with van der Waals surface area (Å²) in [6.07, 6.45) is 2.37. The van der Waals surface area contributed by atoms with E-state index in [-0.39, 0.29) is 6.04 Å². The van der Waals surface area contributed by atoms with Crippen LogP contribution in [0.5, 0.6) is 0 Å². The second-order valence-corrected chi connectivity index (χ2v) is 5.36. The molecule has 2 unspecified atom stereocenters. The molecule has 2 aromatic rings. The Morgan fingerprint density at radius 1 is 1.19 bits per heavy atom. The van der Waals surface area contributed by atoms with E-state index in [0.29, 0.717) is 5.92 Å². The molecule has 0 amide bonds. The highest BCUT2D eigenvalue weighted by atomic mass is 32.1. The second-order valence-electron chi connectivity index (χ2n) is 4.39. The fourth-order valence-corrected chi connectivity index (χ4v) is 3.44. The minimum Gasteiger partial charge on any atom is -0.323 e. The third kappa shape index (κ3) is 1.58. The minimum absolute atomic E-state index is 0.170. The number of rotatable bonds is 2. The first kappa shape index (κ1) is 10.1. The van der Waals surface area contributed by atoms with Crippen molar-refractivity contribution in [3.8, 4) is 0 Å². The first-order valence-corrected chi connectivity index (χ1v) is 6.61. The highest BCUT2D eigenvalue weighted by Crippen LogP contribution is 2.41. The van der Waals surface area contributed by atoms with Crippen LogP contribution in [0.4, 0.5) is 0 Å². The van der Waals surface area contributed by atoms with Crippen molar-refractivity contribution >= 4 is 11.3 Å². The molecule has 1 aliphatic carbocycles. The molecule has 1 nitrogen and oxygen atoms in total. The van der Waals surface area contributed by atoms with Crippen LogP contribution in [0.25, 0.3) is 0 Å². The Kier molecular flexibility index (Phi) is 2.54. The maximum absolute atomic E-state index is 6.37. The average Bonchev–Trinajstić information content (AvgIpc) is 2.98. The van der Waals surface area contributed by atoms with Gasteiger partial charge in [0.05, 0.1) is 0 Å². The Labute approximate surface area is 99.9 Å². The van der Waals surface area contributed by atoms with E-state index >= 15 is 0 Å². The van der Waals surface area contributed by atoms with Gasteiger partial charge in [-0.1, -0.05) is 30.3 Å². The smallest absolute Gasteiger partial charge is 0.0459 e. The lowest BCUT2D eigenvalue weighted by atomic mass is 9.93. The van der Waals surface area contributed by atoms with Crippen LogP contribution in [0, 0.1) is 0 Å². The molecule has 0 radical (unpaired) electrons. The lowest BCUT2D eigenvalue weighted by Crippen LogP contribution is -2.16. The molecule has 2 N–H and O–H groups in total. The summed E-state index contributed by atoms with van der Waals surface area (Å²) < 4.78 is 0. The predicted molar refractivity (Wildman–Crippen MR) is 68.8 cm³/mol. The van der Waals surface area contributed by atoms with Gasteiger partial charge in [0.1, 0.15) is 0 Å². The summed E-state index contributed by atoms with van der Waals surface area (Å²) in [4.78, 5) is 1.31. The summed E-state index contributed by atoms with van der Waals surface area (Å²) in [6.45, 7) is 0. The van der Waals surface area contributed by atoms with E-state index < -0.39 is 0 Å². The number of nitrogens with two attached hydrogens (primary N) is 1. The number of hydrogen-bond donors (Lipinski definition) is 1. The van der Waals surface area contributed by atoms with Crippen molar-refractivity contribution in [1.82, 2.24) is 0 Å². The van der Waals surface area contributed by atoms with Crippen LogP contribution < -0.4 is 5.73 Å². The number of benzene rings is 1.